The Balaban J connectivity index is 1.64. The summed E-state index contributed by atoms with van der Waals surface area (Å²) < 4.78 is 1.79. The molecule has 2 aromatic heterocycles. The smallest absolute Gasteiger partial charge is 0.168 e. The van der Waals surface area contributed by atoms with Gasteiger partial charge >= 0.3 is 0 Å². The van der Waals surface area contributed by atoms with E-state index in [1.807, 2.05) is 43.6 Å². The van der Waals surface area contributed by atoms with Crippen LogP contribution in [0.25, 0.3) is 11.1 Å². The van der Waals surface area contributed by atoms with Crippen molar-refractivity contribution < 1.29 is 0 Å². The summed E-state index contributed by atoms with van der Waals surface area (Å²) in [6.45, 7) is 3.48. The predicted molar refractivity (Wildman–Crippen MR) is 82.7 cm³/mol. The molecule has 1 N–H and O–H groups in total. The van der Waals surface area contributed by atoms with E-state index in [0.29, 0.717) is 6.54 Å². The molecule has 0 unspecified atom stereocenters. The van der Waals surface area contributed by atoms with Crippen molar-refractivity contribution in [3.05, 3.63) is 60.6 Å². The van der Waals surface area contributed by atoms with E-state index in [0.717, 1.165) is 23.6 Å². The van der Waals surface area contributed by atoms with Crippen LogP contribution in [0, 0.1) is 0 Å². The number of aryl methyl sites for hydroxylation is 1. The largest absolute Gasteiger partial charge is 0.362 e. The molecule has 1 aromatic carbocycles. The van der Waals surface area contributed by atoms with Crippen LogP contribution < -0.4 is 5.32 Å². The summed E-state index contributed by atoms with van der Waals surface area (Å²) >= 11 is 0. The summed E-state index contributed by atoms with van der Waals surface area (Å²) in [6.07, 6.45) is 3.79. The Morgan fingerprint density at radius 3 is 2.57 bits per heavy atom. The first-order valence-electron chi connectivity index (χ1n) is 6.99. The van der Waals surface area contributed by atoms with E-state index in [1.165, 1.54) is 5.56 Å². The van der Waals surface area contributed by atoms with Crippen LogP contribution in [0.1, 0.15) is 12.6 Å². The number of hydrogen-bond donors (Lipinski definition) is 1. The van der Waals surface area contributed by atoms with Gasteiger partial charge in [-0.1, -0.05) is 41.6 Å². The molecule has 0 fully saturated rings. The average Bonchev–Trinajstić information content (AvgIpc) is 3.02. The number of hydrogen-bond acceptors (Lipinski definition) is 4. The molecule has 3 aromatic rings. The van der Waals surface area contributed by atoms with Gasteiger partial charge in [-0.25, -0.2) is 0 Å². The minimum Gasteiger partial charge on any atom is -0.362 e. The van der Waals surface area contributed by atoms with Crippen molar-refractivity contribution in [2.24, 2.45) is 0 Å². The Labute approximate surface area is 123 Å². The first kappa shape index (κ1) is 13.3. The highest BCUT2D eigenvalue weighted by molar-refractivity contribution is 5.62. The fourth-order valence-corrected chi connectivity index (χ4v) is 2.05. The molecule has 0 amide bonds. The lowest BCUT2D eigenvalue weighted by Gasteiger charge is -2.04. The van der Waals surface area contributed by atoms with Gasteiger partial charge in [-0.05, 0) is 18.6 Å². The lowest BCUT2D eigenvalue weighted by atomic mass is 10.1. The summed E-state index contributed by atoms with van der Waals surface area (Å²) in [6, 6.07) is 14.3. The zero-order valence-electron chi connectivity index (χ0n) is 11.9. The predicted octanol–water partition coefficient (Wildman–Crippen LogP) is 2.97. The Kier molecular flexibility index (Phi) is 3.91. The Hall–Kier alpha value is -2.69. The van der Waals surface area contributed by atoms with Crippen LogP contribution in [-0.4, -0.2) is 20.0 Å². The number of aromatic nitrogens is 4. The minimum absolute atomic E-state index is 0.636. The molecule has 0 aliphatic carbocycles. The van der Waals surface area contributed by atoms with Crippen LogP contribution in [0.15, 0.2) is 54.9 Å². The Morgan fingerprint density at radius 1 is 1.05 bits per heavy atom. The highest BCUT2D eigenvalue weighted by Crippen LogP contribution is 2.17. The second kappa shape index (κ2) is 6.17. The monoisotopic (exact) mass is 279 g/mol. The van der Waals surface area contributed by atoms with E-state index in [2.05, 4.69) is 38.8 Å². The van der Waals surface area contributed by atoms with Crippen molar-refractivity contribution in [1.29, 1.82) is 0 Å². The Morgan fingerprint density at radius 2 is 1.90 bits per heavy atom. The molecule has 106 valence electrons. The van der Waals surface area contributed by atoms with Crippen LogP contribution in [0.3, 0.4) is 0 Å². The minimum atomic E-state index is 0.636. The van der Waals surface area contributed by atoms with Crippen LogP contribution in [0.5, 0.6) is 0 Å². The highest BCUT2D eigenvalue weighted by atomic mass is 15.4. The number of rotatable bonds is 5. The lowest BCUT2D eigenvalue weighted by molar-refractivity contribution is 0.627. The quantitative estimate of drug-likeness (QED) is 0.780. The molecule has 2 heterocycles. The van der Waals surface area contributed by atoms with Gasteiger partial charge in [0.2, 0.25) is 0 Å². The van der Waals surface area contributed by atoms with Gasteiger partial charge in [0.05, 0.1) is 18.4 Å². The molecule has 0 aliphatic heterocycles. The topological polar surface area (TPSA) is 55.6 Å². The number of nitrogens with one attached hydrogen (secondary N) is 1. The van der Waals surface area contributed by atoms with Gasteiger partial charge in [-0.3, -0.25) is 9.67 Å². The average molecular weight is 279 g/mol. The maximum Gasteiger partial charge on any atom is 0.168 e. The van der Waals surface area contributed by atoms with E-state index in [4.69, 9.17) is 0 Å². The molecule has 0 spiro atoms. The van der Waals surface area contributed by atoms with Gasteiger partial charge in [0, 0.05) is 18.3 Å². The van der Waals surface area contributed by atoms with Crippen LogP contribution in [0.2, 0.25) is 0 Å². The van der Waals surface area contributed by atoms with Crippen molar-refractivity contribution >= 4 is 5.82 Å². The molecule has 0 bridgehead atoms. The molecular weight excluding hydrogens is 262 g/mol. The van der Waals surface area contributed by atoms with Gasteiger partial charge in [-0.15, -0.1) is 5.10 Å². The van der Waals surface area contributed by atoms with Crippen molar-refractivity contribution in [2.45, 2.75) is 20.0 Å². The van der Waals surface area contributed by atoms with E-state index in [-0.39, 0.29) is 0 Å². The van der Waals surface area contributed by atoms with Crippen molar-refractivity contribution in [3.63, 3.8) is 0 Å². The van der Waals surface area contributed by atoms with Crippen LogP contribution >= 0.6 is 0 Å². The molecule has 0 saturated carbocycles. The SMILES string of the molecule is CCn1cc(NCc2ccc(-c3ccccc3)cn2)nn1. The number of nitrogens with zero attached hydrogens (tertiary/aromatic N) is 4. The zero-order valence-corrected chi connectivity index (χ0v) is 11.9. The van der Waals surface area contributed by atoms with Gasteiger partial charge in [0.1, 0.15) is 0 Å². The van der Waals surface area contributed by atoms with Crippen LogP contribution in [-0.2, 0) is 13.1 Å². The highest BCUT2D eigenvalue weighted by Gasteiger charge is 2.01. The summed E-state index contributed by atoms with van der Waals surface area (Å²) in [5.41, 5.74) is 3.27. The normalized spacial score (nSPS) is 10.5. The second-order valence-corrected chi connectivity index (χ2v) is 4.72. The zero-order chi connectivity index (χ0) is 14.5. The van der Waals surface area contributed by atoms with Gasteiger partial charge in [0.15, 0.2) is 5.82 Å². The Bertz CT molecular complexity index is 688. The molecule has 0 saturated heterocycles. The summed E-state index contributed by atoms with van der Waals surface area (Å²) in [5.74, 6) is 0.769. The summed E-state index contributed by atoms with van der Waals surface area (Å²) in [5, 5.41) is 11.2. The third-order valence-corrected chi connectivity index (χ3v) is 3.25. The molecule has 5 heteroatoms. The lowest BCUT2D eigenvalue weighted by Crippen LogP contribution is -2.01. The molecular formula is C16H17N5. The van der Waals surface area contributed by atoms with Gasteiger partial charge < -0.3 is 5.32 Å². The maximum atomic E-state index is 4.48. The first-order valence-corrected chi connectivity index (χ1v) is 6.99. The number of benzene rings is 1. The van der Waals surface area contributed by atoms with Crippen molar-refractivity contribution in [2.75, 3.05) is 5.32 Å². The standard InChI is InChI=1S/C16H17N5/c1-2-21-12-16(19-20-21)18-11-15-9-8-14(10-17-15)13-6-4-3-5-7-13/h3-10,12,18H,2,11H2,1H3. The summed E-state index contributed by atoms with van der Waals surface area (Å²) in [7, 11) is 0. The third-order valence-electron chi connectivity index (χ3n) is 3.25. The number of anilines is 1. The van der Waals surface area contributed by atoms with E-state index in [9.17, 15) is 0 Å². The van der Waals surface area contributed by atoms with E-state index >= 15 is 0 Å². The molecule has 0 radical (unpaired) electrons. The van der Waals surface area contributed by atoms with Gasteiger partial charge in [0.25, 0.3) is 0 Å². The van der Waals surface area contributed by atoms with Gasteiger partial charge in [-0.2, -0.15) is 0 Å². The second-order valence-electron chi connectivity index (χ2n) is 4.72. The fourth-order valence-electron chi connectivity index (χ4n) is 2.05. The molecule has 21 heavy (non-hydrogen) atoms. The molecule has 0 aliphatic rings. The fraction of sp³-hybridized carbons (Fsp3) is 0.188. The number of pyridine rings is 1. The van der Waals surface area contributed by atoms with E-state index in [1.54, 1.807) is 4.68 Å². The van der Waals surface area contributed by atoms with Crippen LogP contribution in [0.4, 0.5) is 5.82 Å². The molecule has 5 nitrogen and oxygen atoms in total. The first-order chi connectivity index (χ1) is 10.3. The molecule has 0 atom stereocenters. The molecule has 3 rings (SSSR count). The van der Waals surface area contributed by atoms with E-state index < -0.39 is 0 Å². The third kappa shape index (κ3) is 3.25. The van der Waals surface area contributed by atoms with Crippen molar-refractivity contribution in [3.8, 4) is 11.1 Å². The summed E-state index contributed by atoms with van der Waals surface area (Å²) in [4.78, 5) is 4.48. The van der Waals surface area contributed by atoms with Crippen molar-refractivity contribution in [1.82, 2.24) is 20.0 Å². The maximum absolute atomic E-state index is 4.48.